The number of nitrogens with zero attached hydrogens (tertiary/aromatic N) is 2. The van der Waals surface area contributed by atoms with Crippen molar-refractivity contribution in [2.75, 3.05) is 19.6 Å². The maximum absolute atomic E-state index is 12.5. The van der Waals surface area contributed by atoms with Gasteiger partial charge in [0.15, 0.2) is 0 Å². The Bertz CT molecular complexity index is 594. The third-order valence-corrected chi connectivity index (χ3v) is 4.39. The zero-order valence-electron chi connectivity index (χ0n) is 12.3. The second-order valence-electron chi connectivity index (χ2n) is 5.71. The van der Waals surface area contributed by atoms with Crippen LogP contribution < -0.4 is 5.73 Å². The standard InChI is InChI=1S/C16H19N3O3/c17-9-11-5-3-4-8-18(11)14(20)10-19-15(21)12-6-1-2-7-13(12)16(19)22/h1-2,6-7,11H,3-5,8-10,17H2. The summed E-state index contributed by atoms with van der Waals surface area (Å²) in [4.78, 5) is 39.8. The zero-order chi connectivity index (χ0) is 15.7. The van der Waals surface area contributed by atoms with Gasteiger partial charge in [-0.15, -0.1) is 0 Å². The van der Waals surface area contributed by atoms with Crippen LogP contribution in [0.4, 0.5) is 0 Å². The van der Waals surface area contributed by atoms with Crippen LogP contribution >= 0.6 is 0 Å². The van der Waals surface area contributed by atoms with E-state index >= 15 is 0 Å². The number of hydrogen-bond donors (Lipinski definition) is 1. The molecule has 2 aliphatic rings. The maximum Gasteiger partial charge on any atom is 0.262 e. The predicted octanol–water partition coefficient (Wildman–Crippen LogP) is 0.622. The summed E-state index contributed by atoms with van der Waals surface area (Å²) in [5.41, 5.74) is 6.46. The van der Waals surface area contributed by atoms with E-state index in [0.29, 0.717) is 24.2 Å². The number of benzene rings is 1. The molecule has 0 saturated carbocycles. The first-order valence-corrected chi connectivity index (χ1v) is 7.58. The van der Waals surface area contributed by atoms with E-state index in [1.165, 1.54) is 0 Å². The molecule has 1 saturated heterocycles. The summed E-state index contributed by atoms with van der Waals surface area (Å²) in [6.45, 7) is 0.848. The highest BCUT2D eigenvalue weighted by molar-refractivity contribution is 6.22. The minimum Gasteiger partial charge on any atom is -0.337 e. The average Bonchev–Trinajstić information content (AvgIpc) is 2.80. The highest BCUT2D eigenvalue weighted by Crippen LogP contribution is 2.23. The number of carbonyl (C=O) groups is 3. The SMILES string of the molecule is NCC1CCCCN1C(=O)CN1C(=O)c2ccccc2C1=O. The van der Waals surface area contributed by atoms with E-state index in [1.807, 2.05) is 0 Å². The summed E-state index contributed by atoms with van der Waals surface area (Å²) >= 11 is 0. The fourth-order valence-electron chi connectivity index (χ4n) is 3.18. The zero-order valence-corrected chi connectivity index (χ0v) is 12.3. The fourth-order valence-corrected chi connectivity index (χ4v) is 3.18. The van der Waals surface area contributed by atoms with Crippen molar-refractivity contribution in [3.63, 3.8) is 0 Å². The molecule has 1 fully saturated rings. The number of imide groups is 1. The molecule has 22 heavy (non-hydrogen) atoms. The lowest BCUT2D eigenvalue weighted by molar-refractivity contribution is -0.134. The molecule has 0 aromatic heterocycles. The van der Waals surface area contributed by atoms with Crippen molar-refractivity contribution < 1.29 is 14.4 Å². The molecule has 1 atom stereocenters. The van der Waals surface area contributed by atoms with Crippen molar-refractivity contribution >= 4 is 17.7 Å². The quantitative estimate of drug-likeness (QED) is 0.830. The van der Waals surface area contributed by atoms with Crippen LogP contribution in [0.15, 0.2) is 24.3 Å². The Labute approximate surface area is 128 Å². The average molecular weight is 301 g/mol. The minimum atomic E-state index is -0.393. The van der Waals surface area contributed by atoms with Crippen LogP contribution in [0.2, 0.25) is 0 Å². The number of likely N-dealkylation sites (tertiary alicyclic amines) is 1. The molecule has 116 valence electrons. The Morgan fingerprint density at radius 2 is 1.77 bits per heavy atom. The fraction of sp³-hybridized carbons (Fsp3) is 0.438. The van der Waals surface area contributed by atoms with Gasteiger partial charge in [-0.1, -0.05) is 12.1 Å². The smallest absolute Gasteiger partial charge is 0.262 e. The summed E-state index contributed by atoms with van der Waals surface area (Å²) in [6.07, 6.45) is 2.87. The van der Waals surface area contributed by atoms with Crippen molar-refractivity contribution in [2.45, 2.75) is 25.3 Å². The van der Waals surface area contributed by atoms with Crippen LogP contribution in [-0.4, -0.2) is 53.2 Å². The lowest BCUT2D eigenvalue weighted by atomic mass is 10.0. The van der Waals surface area contributed by atoms with Gasteiger partial charge in [-0.25, -0.2) is 0 Å². The van der Waals surface area contributed by atoms with Gasteiger partial charge in [0, 0.05) is 19.1 Å². The van der Waals surface area contributed by atoms with Gasteiger partial charge in [-0.3, -0.25) is 19.3 Å². The van der Waals surface area contributed by atoms with E-state index in [9.17, 15) is 14.4 Å². The number of carbonyl (C=O) groups excluding carboxylic acids is 3. The number of amides is 3. The molecule has 0 radical (unpaired) electrons. The van der Waals surface area contributed by atoms with Crippen molar-refractivity contribution in [3.05, 3.63) is 35.4 Å². The lowest BCUT2D eigenvalue weighted by Crippen LogP contribution is -2.51. The maximum atomic E-state index is 12.5. The summed E-state index contributed by atoms with van der Waals surface area (Å²) in [5, 5.41) is 0. The second-order valence-corrected chi connectivity index (χ2v) is 5.71. The van der Waals surface area contributed by atoms with E-state index in [1.54, 1.807) is 29.2 Å². The molecule has 2 aliphatic heterocycles. The Morgan fingerprint density at radius 1 is 1.14 bits per heavy atom. The van der Waals surface area contributed by atoms with E-state index in [2.05, 4.69) is 0 Å². The van der Waals surface area contributed by atoms with Gasteiger partial charge in [0.2, 0.25) is 5.91 Å². The number of piperidine rings is 1. The molecule has 1 aromatic carbocycles. The van der Waals surface area contributed by atoms with Crippen LogP contribution in [-0.2, 0) is 4.79 Å². The number of nitrogens with two attached hydrogens (primary N) is 1. The molecular formula is C16H19N3O3. The second kappa shape index (κ2) is 5.88. The molecule has 2 heterocycles. The Balaban J connectivity index is 1.75. The van der Waals surface area contributed by atoms with Crippen molar-refractivity contribution in [1.29, 1.82) is 0 Å². The molecule has 3 rings (SSSR count). The molecule has 0 spiro atoms. The highest BCUT2D eigenvalue weighted by atomic mass is 16.2. The Kier molecular flexibility index (Phi) is 3.94. The number of fused-ring (bicyclic) bond motifs is 1. The van der Waals surface area contributed by atoms with Crippen LogP contribution in [0.5, 0.6) is 0 Å². The first kappa shape index (κ1) is 14.7. The van der Waals surface area contributed by atoms with Crippen LogP contribution in [0.3, 0.4) is 0 Å². The van der Waals surface area contributed by atoms with Gasteiger partial charge in [0.05, 0.1) is 11.1 Å². The molecule has 1 aromatic rings. The van der Waals surface area contributed by atoms with E-state index < -0.39 is 11.8 Å². The normalized spacial score (nSPS) is 21.2. The van der Waals surface area contributed by atoms with Gasteiger partial charge in [-0.05, 0) is 31.4 Å². The number of hydrogen-bond acceptors (Lipinski definition) is 4. The van der Waals surface area contributed by atoms with E-state index in [4.69, 9.17) is 5.73 Å². The van der Waals surface area contributed by atoms with E-state index in [-0.39, 0.29) is 18.5 Å². The van der Waals surface area contributed by atoms with Crippen LogP contribution in [0.25, 0.3) is 0 Å². The van der Waals surface area contributed by atoms with Crippen molar-refractivity contribution in [3.8, 4) is 0 Å². The summed E-state index contributed by atoms with van der Waals surface area (Å²) in [7, 11) is 0. The van der Waals surface area contributed by atoms with E-state index in [0.717, 1.165) is 24.2 Å². The van der Waals surface area contributed by atoms with Gasteiger partial charge in [-0.2, -0.15) is 0 Å². The van der Waals surface area contributed by atoms with Crippen LogP contribution in [0, 0.1) is 0 Å². The van der Waals surface area contributed by atoms with Gasteiger partial charge < -0.3 is 10.6 Å². The van der Waals surface area contributed by atoms with Crippen molar-refractivity contribution in [2.24, 2.45) is 5.73 Å². The molecule has 6 nitrogen and oxygen atoms in total. The summed E-state index contributed by atoms with van der Waals surface area (Å²) in [6, 6.07) is 6.67. The molecule has 2 N–H and O–H groups in total. The van der Waals surface area contributed by atoms with Crippen LogP contribution in [0.1, 0.15) is 40.0 Å². The first-order valence-electron chi connectivity index (χ1n) is 7.58. The Morgan fingerprint density at radius 3 is 2.36 bits per heavy atom. The monoisotopic (exact) mass is 301 g/mol. The molecule has 1 unspecified atom stereocenters. The summed E-state index contributed by atoms with van der Waals surface area (Å²) < 4.78 is 0. The highest BCUT2D eigenvalue weighted by Gasteiger charge is 2.38. The summed E-state index contributed by atoms with van der Waals surface area (Å²) in [5.74, 6) is -0.991. The van der Waals surface area contributed by atoms with Crippen molar-refractivity contribution in [1.82, 2.24) is 9.80 Å². The van der Waals surface area contributed by atoms with Gasteiger partial charge >= 0.3 is 0 Å². The molecular weight excluding hydrogens is 282 g/mol. The molecule has 0 aliphatic carbocycles. The largest absolute Gasteiger partial charge is 0.337 e. The topological polar surface area (TPSA) is 83.7 Å². The lowest BCUT2D eigenvalue weighted by Gasteiger charge is -2.35. The Hall–Kier alpha value is -2.21. The minimum absolute atomic E-state index is 0.0106. The van der Waals surface area contributed by atoms with Gasteiger partial charge in [0.1, 0.15) is 6.54 Å². The number of rotatable bonds is 3. The molecule has 0 bridgehead atoms. The molecule has 6 heteroatoms. The first-order chi connectivity index (χ1) is 10.6. The molecule has 3 amide bonds. The van der Waals surface area contributed by atoms with Gasteiger partial charge in [0.25, 0.3) is 11.8 Å². The third kappa shape index (κ3) is 2.39. The predicted molar refractivity (Wildman–Crippen MR) is 80.2 cm³/mol. The third-order valence-electron chi connectivity index (χ3n) is 4.39.